The maximum Gasteiger partial charge on any atom is 0.254 e. The van der Waals surface area contributed by atoms with Gasteiger partial charge in [0.05, 0.1) is 18.5 Å². The molecule has 3 atom stereocenters. The van der Waals surface area contributed by atoms with Gasteiger partial charge in [-0.1, -0.05) is 18.2 Å². The number of hydrogen-bond acceptors (Lipinski definition) is 7. The molecule has 1 saturated heterocycles. The number of thioether (sulfide) groups is 1. The molecule has 0 bridgehead atoms. The number of rotatable bonds is 9. The number of ether oxygens (including phenoxy) is 1. The third-order valence-corrected chi connectivity index (χ3v) is 8.14. The molecule has 2 aromatic carbocycles. The Labute approximate surface area is 240 Å². The highest BCUT2D eigenvalue weighted by Gasteiger charge is 2.50. The Morgan fingerprint density at radius 3 is 2.40 bits per heavy atom. The van der Waals surface area contributed by atoms with Gasteiger partial charge < -0.3 is 30.5 Å². The van der Waals surface area contributed by atoms with Crippen molar-refractivity contribution in [2.45, 2.75) is 83.4 Å². The molecule has 1 aliphatic heterocycles. The smallest absolute Gasteiger partial charge is 0.254 e. The third kappa shape index (κ3) is 7.48. The molecule has 3 rings (SSSR count). The van der Waals surface area contributed by atoms with E-state index in [0.717, 1.165) is 5.56 Å². The number of phenolic OH excluding ortho intramolecular Hbond substituents is 1. The lowest BCUT2D eigenvalue weighted by molar-refractivity contribution is -0.147. The van der Waals surface area contributed by atoms with Crippen LogP contribution in [0.4, 0.5) is 0 Å². The van der Waals surface area contributed by atoms with Gasteiger partial charge in [0.15, 0.2) is 6.10 Å². The molecular formula is C30H41N3O6S. The highest BCUT2D eigenvalue weighted by atomic mass is 32.2. The quantitative estimate of drug-likeness (QED) is 0.363. The number of aromatic hydroxyl groups is 1. The Morgan fingerprint density at radius 2 is 1.80 bits per heavy atom. The first kappa shape index (κ1) is 31.3. The summed E-state index contributed by atoms with van der Waals surface area (Å²) in [7, 11) is 0. The SMILES string of the molecule is CCOc1ccc(C[C@H](NC(=O)c2cccc(O)c2C)[C@H](O)C(=O)N2CSC(C)(C)C2C(=O)NC(C)(C)C)cc1. The first-order valence-electron chi connectivity index (χ1n) is 13.4. The topological polar surface area (TPSA) is 128 Å². The van der Waals surface area contributed by atoms with Crippen LogP contribution in [-0.2, 0) is 16.0 Å². The highest BCUT2D eigenvalue weighted by Crippen LogP contribution is 2.40. The summed E-state index contributed by atoms with van der Waals surface area (Å²) >= 11 is 1.46. The zero-order valence-corrected chi connectivity index (χ0v) is 25.1. The van der Waals surface area contributed by atoms with Crippen LogP contribution < -0.4 is 15.4 Å². The van der Waals surface area contributed by atoms with Crippen LogP contribution in [0.2, 0.25) is 0 Å². The number of aliphatic hydroxyl groups is 1. The maximum atomic E-state index is 13.8. The molecule has 0 spiro atoms. The molecule has 0 radical (unpaired) electrons. The Kier molecular flexibility index (Phi) is 9.79. The van der Waals surface area contributed by atoms with E-state index in [1.807, 2.05) is 53.7 Å². The van der Waals surface area contributed by atoms with Crippen LogP contribution >= 0.6 is 11.8 Å². The molecule has 3 amide bonds. The average molecular weight is 572 g/mol. The molecule has 1 unspecified atom stereocenters. The van der Waals surface area contributed by atoms with E-state index in [-0.39, 0.29) is 29.5 Å². The average Bonchev–Trinajstić information content (AvgIpc) is 3.19. The van der Waals surface area contributed by atoms with Crippen molar-refractivity contribution >= 4 is 29.5 Å². The molecule has 40 heavy (non-hydrogen) atoms. The van der Waals surface area contributed by atoms with Crippen LogP contribution in [0.25, 0.3) is 0 Å². The first-order chi connectivity index (χ1) is 18.6. The summed E-state index contributed by atoms with van der Waals surface area (Å²) in [5, 5.41) is 27.3. The number of benzene rings is 2. The molecule has 1 aliphatic rings. The second-order valence-corrected chi connectivity index (χ2v) is 13.2. The zero-order valence-electron chi connectivity index (χ0n) is 24.3. The van der Waals surface area contributed by atoms with Crippen LogP contribution in [-0.4, -0.2) is 73.8 Å². The van der Waals surface area contributed by atoms with Crippen LogP contribution in [0, 0.1) is 6.92 Å². The van der Waals surface area contributed by atoms with Crippen molar-refractivity contribution in [2.24, 2.45) is 0 Å². The Morgan fingerprint density at radius 1 is 1.15 bits per heavy atom. The molecule has 218 valence electrons. The van der Waals surface area contributed by atoms with Gasteiger partial charge in [0.25, 0.3) is 11.8 Å². The molecular weight excluding hydrogens is 530 g/mol. The number of hydrogen-bond donors (Lipinski definition) is 4. The maximum absolute atomic E-state index is 13.8. The van der Waals surface area contributed by atoms with E-state index in [2.05, 4.69) is 10.6 Å². The number of aliphatic hydroxyl groups excluding tert-OH is 1. The Hall–Kier alpha value is -3.24. The summed E-state index contributed by atoms with van der Waals surface area (Å²) in [5.74, 6) is -0.601. The van der Waals surface area contributed by atoms with Gasteiger partial charge in [-0.15, -0.1) is 11.8 Å². The number of carbonyl (C=O) groups is 3. The van der Waals surface area contributed by atoms with Gasteiger partial charge in [-0.2, -0.15) is 0 Å². The minimum absolute atomic E-state index is 0.0311. The van der Waals surface area contributed by atoms with Crippen LogP contribution in [0.15, 0.2) is 42.5 Å². The van der Waals surface area contributed by atoms with Crippen molar-refractivity contribution in [3.05, 3.63) is 59.2 Å². The van der Waals surface area contributed by atoms with E-state index in [9.17, 15) is 24.6 Å². The molecule has 2 aromatic rings. The lowest BCUT2D eigenvalue weighted by Gasteiger charge is -2.35. The van der Waals surface area contributed by atoms with E-state index < -0.39 is 40.3 Å². The fraction of sp³-hybridized carbons (Fsp3) is 0.500. The van der Waals surface area contributed by atoms with E-state index in [0.29, 0.717) is 17.9 Å². The molecule has 1 fully saturated rings. The zero-order chi connectivity index (χ0) is 29.8. The summed E-state index contributed by atoms with van der Waals surface area (Å²) in [5.41, 5.74) is 0.886. The van der Waals surface area contributed by atoms with Gasteiger partial charge in [0, 0.05) is 21.4 Å². The number of nitrogens with zero attached hydrogens (tertiary/aromatic N) is 1. The van der Waals surface area contributed by atoms with Gasteiger partial charge in [0.1, 0.15) is 17.5 Å². The first-order valence-corrected chi connectivity index (χ1v) is 14.4. The molecule has 4 N–H and O–H groups in total. The van der Waals surface area contributed by atoms with Crippen molar-refractivity contribution < 1.29 is 29.3 Å². The van der Waals surface area contributed by atoms with Crippen molar-refractivity contribution in [1.29, 1.82) is 0 Å². The van der Waals surface area contributed by atoms with E-state index in [4.69, 9.17) is 4.74 Å². The van der Waals surface area contributed by atoms with Gasteiger partial charge >= 0.3 is 0 Å². The molecule has 0 aromatic heterocycles. The van der Waals surface area contributed by atoms with Crippen molar-refractivity contribution in [3.63, 3.8) is 0 Å². The summed E-state index contributed by atoms with van der Waals surface area (Å²) in [6.07, 6.45) is -1.49. The summed E-state index contributed by atoms with van der Waals surface area (Å²) < 4.78 is 4.92. The summed E-state index contributed by atoms with van der Waals surface area (Å²) in [4.78, 5) is 41.8. The van der Waals surface area contributed by atoms with E-state index in [1.165, 1.54) is 22.7 Å². The van der Waals surface area contributed by atoms with Crippen molar-refractivity contribution in [2.75, 3.05) is 12.5 Å². The molecule has 1 heterocycles. The third-order valence-electron chi connectivity index (χ3n) is 6.77. The number of carbonyl (C=O) groups excluding carboxylic acids is 3. The van der Waals surface area contributed by atoms with Crippen LogP contribution in [0.5, 0.6) is 11.5 Å². The molecule has 0 saturated carbocycles. The summed E-state index contributed by atoms with van der Waals surface area (Å²) in [6, 6.07) is 9.99. The van der Waals surface area contributed by atoms with Gasteiger partial charge in [-0.05, 0) is 84.7 Å². The van der Waals surface area contributed by atoms with Crippen LogP contribution in [0.3, 0.4) is 0 Å². The number of nitrogens with one attached hydrogen (secondary N) is 2. The normalized spacial score (nSPS) is 18.1. The monoisotopic (exact) mass is 571 g/mol. The van der Waals surface area contributed by atoms with Crippen molar-refractivity contribution in [3.8, 4) is 11.5 Å². The molecule has 9 nitrogen and oxygen atoms in total. The second-order valence-electron chi connectivity index (χ2n) is 11.6. The van der Waals surface area contributed by atoms with Crippen molar-refractivity contribution in [1.82, 2.24) is 15.5 Å². The highest BCUT2D eigenvalue weighted by molar-refractivity contribution is 8.00. The van der Waals surface area contributed by atoms with Gasteiger partial charge in [0.2, 0.25) is 5.91 Å². The predicted molar refractivity (Wildman–Crippen MR) is 156 cm³/mol. The summed E-state index contributed by atoms with van der Waals surface area (Å²) in [6.45, 7) is 13.4. The number of amides is 3. The minimum Gasteiger partial charge on any atom is -0.508 e. The fourth-order valence-electron chi connectivity index (χ4n) is 4.69. The lowest BCUT2D eigenvalue weighted by atomic mass is 9.96. The predicted octanol–water partition coefficient (Wildman–Crippen LogP) is 3.40. The number of phenols is 1. The largest absolute Gasteiger partial charge is 0.508 e. The standard InChI is InChI=1S/C30H41N3O6S/c1-8-39-20-14-12-19(13-15-20)16-22(31-26(36)21-10-9-11-23(34)18(21)2)24(35)28(38)33-17-40-30(6,7)25(33)27(37)32-29(3,4)5/h9-15,22,24-25,34-35H,8,16-17H2,1-7H3,(H,31,36)(H,32,37)/t22-,24-,25?/m0/s1. The van der Waals surface area contributed by atoms with E-state index >= 15 is 0 Å². The molecule has 10 heteroatoms. The second kappa shape index (κ2) is 12.5. The Balaban J connectivity index is 1.91. The fourth-order valence-corrected chi connectivity index (χ4v) is 5.83. The van der Waals surface area contributed by atoms with Crippen LogP contribution in [0.1, 0.15) is 63.0 Å². The molecule has 0 aliphatic carbocycles. The van der Waals surface area contributed by atoms with Gasteiger partial charge in [-0.25, -0.2) is 0 Å². The van der Waals surface area contributed by atoms with Gasteiger partial charge in [-0.3, -0.25) is 14.4 Å². The van der Waals surface area contributed by atoms with E-state index in [1.54, 1.807) is 31.2 Å². The Bertz CT molecular complexity index is 1220. The lowest BCUT2D eigenvalue weighted by Crippen LogP contribution is -2.60. The minimum atomic E-state index is -1.63.